The van der Waals surface area contributed by atoms with Gasteiger partial charge in [0.1, 0.15) is 0 Å². The van der Waals surface area contributed by atoms with Crippen molar-refractivity contribution >= 4 is 11.8 Å². The summed E-state index contributed by atoms with van der Waals surface area (Å²) in [6.07, 6.45) is 0.930. The fourth-order valence-corrected chi connectivity index (χ4v) is 1.28. The first-order chi connectivity index (χ1) is 5.43. The van der Waals surface area contributed by atoms with Crippen LogP contribution < -0.4 is 0 Å². The lowest BCUT2D eigenvalue weighted by Crippen LogP contribution is -1.64. The van der Waals surface area contributed by atoms with Crippen molar-refractivity contribution in [1.82, 2.24) is 0 Å². The first-order valence-electron chi connectivity index (χ1n) is 3.63. The third kappa shape index (κ3) is 3.15. The smallest absolute Gasteiger partial charge is 0.0203 e. The Labute approximate surface area is 72.0 Å². The molecule has 0 atom stereocenters. The Hall–Kier alpha value is -0.870. The number of hydrogen-bond donors (Lipinski definition) is 0. The summed E-state index contributed by atoms with van der Waals surface area (Å²) in [6, 6.07) is 10.2. The molecule has 0 fully saturated rings. The molecule has 0 spiro atoms. The van der Waals surface area contributed by atoms with Crippen LogP contribution in [0.2, 0.25) is 0 Å². The Morgan fingerprint density at radius 1 is 1.27 bits per heavy atom. The highest BCUT2D eigenvalue weighted by molar-refractivity contribution is 8.03. The van der Waals surface area contributed by atoms with Gasteiger partial charge in [0, 0.05) is 11.3 Å². The van der Waals surface area contributed by atoms with Crippen LogP contribution in [-0.4, -0.2) is 0 Å². The Bertz CT molecular complexity index is 253. The molecule has 1 heteroatoms. The third-order valence-corrected chi connectivity index (χ3v) is 1.92. The summed E-state index contributed by atoms with van der Waals surface area (Å²) in [5.74, 6) is 3.01. The highest BCUT2D eigenvalue weighted by Crippen LogP contribution is 2.14. The van der Waals surface area contributed by atoms with E-state index < -0.39 is 0 Å². The van der Waals surface area contributed by atoms with Crippen LogP contribution in [0.1, 0.15) is 13.3 Å². The van der Waals surface area contributed by atoms with E-state index in [1.165, 1.54) is 4.90 Å². The average Bonchev–Trinajstić information content (AvgIpc) is 2.07. The number of hydrogen-bond acceptors (Lipinski definition) is 1. The van der Waals surface area contributed by atoms with Gasteiger partial charge in [-0.2, -0.15) is 0 Å². The molecule has 0 N–H and O–H groups in total. The van der Waals surface area contributed by atoms with Gasteiger partial charge in [-0.25, -0.2) is 0 Å². The van der Waals surface area contributed by atoms with Gasteiger partial charge in [0.25, 0.3) is 0 Å². The van der Waals surface area contributed by atoms with Crippen molar-refractivity contribution in [3.8, 4) is 11.2 Å². The Morgan fingerprint density at radius 2 is 2.00 bits per heavy atom. The number of thioether (sulfide) groups is 1. The van der Waals surface area contributed by atoms with E-state index in [2.05, 4.69) is 30.2 Å². The van der Waals surface area contributed by atoms with Crippen molar-refractivity contribution in [2.75, 3.05) is 0 Å². The standard InChI is InChI=1S/C10H10S/c1-2-3-9-11-10-7-5-4-6-8-10/h4-8H,2H2,1H3. The maximum Gasteiger partial charge on any atom is 0.0203 e. The largest absolute Gasteiger partial charge is 0.0912 e. The summed E-state index contributed by atoms with van der Waals surface area (Å²) < 4.78 is 0. The highest BCUT2D eigenvalue weighted by atomic mass is 32.2. The maximum atomic E-state index is 3.02. The first-order valence-corrected chi connectivity index (χ1v) is 4.45. The highest BCUT2D eigenvalue weighted by Gasteiger charge is 1.84. The van der Waals surface area contributed by atoms with E-state index >= 15 is 0 Å². The number of rotatable bonds is 1. The lowest BCUT2D eigenvalue weighted by molar-refractivity contribution is 1.28. The fourth-order valence-electron chi connectivity index (χ4n) is 0.656. The molecule has 0 aromatic heterocycles. The molecule has 0 aliphatic rings. The van der Waals surface area contributed by atoms with Crippen LogP contribution in [-0.2, 0) is 0 Å². The van der Waals surface area contributed by atoms with E-state index in [4.69, 9.17) is 0 Å². The maximum absolute atomic E-state index is 3.02. The zero-order valence-corrected chi connectivity index (χ0v) is 7.32. The Balaban J connectivity index is 2.52. The summed E-state index contributed by atoms with van der Waals surface area (Å²) in [7, 11) is 0. The molecule has 0 bridgehead atoms. The van der Waals surface area contributed by atoms with E-state index in [1.807, 2.05) is 18.2 Å². The molecule has 1 rings (SSSR count). The minimum absolute atomic E-state index is 0.930. The minimum Gasteiger partial charge on any atom is -0.0912 e. The second-order valence-electron chi connectivity index (χ2n) is 2.05. The van der Waals surface area contributed by atoms with Crippen LogP contribution in [0.15, 0.2) is 35.2 Å². The van der Waals surface area contributed by atoms with Gasteiger partial charge in [-0.1, -0.05) is 31.0 Å². The molecule has 0 heterocycles. The monoisotopic (exact) mass is 162 g/mol. The molecule has 0 amide bonds. The van der Waals surface area contributed by atoms with Gasteiger partial charge in [0.2, 0.25) is 0 Å². The van der Waals surface area contributed by atoms with Crippen molar-refractivity contribution < 1.29 is 0 Å². The van der Waals surface area contributed by atoms with Gasteiger partial charge >= 0.3 is 0 Å². The summed E-state index contributed by atoms with van der Waals surface area (Å²) in [4.78, 5) is 1.22. The molecule has 0 nitrogen and oxygen atoms in total. The lowest BCUT2D eigenvalue weighted by atomic mass is 10.4. The van der Waals surface area contributed by atoms with Crippen molar-refractivity contribution in [2.45, 2.75) is 18.2 Å². The molecule has 56 valence electrons. The molecule has 0 aliphatic heterocycles. The molecular formula is C10H10S. The van der Waals surface area contributed by atoms with Crippen LogP contribution >= 0.6 is 11.8 Å². The Kier molecular flexibility index (Phi) is 3.64. The second kappa shape index (κ2) is 4.87. The Morgan fingerprint density at radius 3 is 2.64 bits per heavy atom. The summed E-state index contributed by atoms with van der Waals surface area (Å²) in [6.45, 7) is 2.05. The molecule has 1 aromatic rings. The van der Waals surface area contributed by atoms with Crippen molar-refractivity contribution in [1.29, 1.82) is 0 Å². The van der Waals surface area contributed by atoms with Crippen molar-refractivity contribution in [3.63, 3.8) is 0 Å². The van der Waals surface area contributed by atoms with E-state index in [1.54, 1.807) is 11.8 Å². The molecule has 11 heavy (non-hydrogen) atoms. The molecule has 0 radical (unpaired) electrons. The van der Waals surface area contributed by atoms with Crippen molar-refractivity contribution in [2.24, 2.45) is 0 Å². The summed E-state index contributed by atoms with van der Waals surface area (Å²) in [5.41, 5.74) is 0. The zero-order valence-electron chi connectivity index (χ0n) is 6.50. The van der Waals surface area contributed by atoms with Crippen LogP contribution in [0.25, 0.3) is 0 Å². The SMILES string of the molecule is CCC#CSc1ccccc1. The quantitative estimate of drug-likeness (QED) is 0.451. The van der Waals surface area contributed by atoms with E-state index in [0.29, 0.717) is 0 Å². The zero-order chi connectivity index (χ0) is 7.94. The predicted molar refractivity (Wildman–Crippen MR) is 50.4 cm³/mol. The molecule has 1 aromatic carbocycles. The second-order valence-corrected chi connectivity index (χ2v) is 2.93. The molecular weight excluding hydrogens is 152 g/mol. The van der Waals surface area contributed by atoms with Gasteiger partial charge in [0.15, 0.2) is 0 Å². The summed E-state index contributed by atoms with van der Waals surface area (Å²) >= 11 is 1.58. The van der Waals surface area contributed by atoms with E-state index in [-0.39, 0.29) is 0 Å². The average molecular weight is 162 g/mol. The van der Waals surface area contributed by atoms with Gasteiger partial charge < -0.3 is 0 Å². The predicted octanol–water partition coefficient (Wildman–Crippen LogP) is 3.15. The normalized spacial score (nSPS) is 8.45. The molecule has 0 saturated carbocycles. The van der Waals surface area contributed by atoms with Crippen LogP contribution in [0.3, 0.4) is 0 Å². The van der Waals surface area contributed by atoms with Gasteiger partial charge in [-0.3, -0.25) is 0 Å². The summed E-state index contributed by atoms with van der Waals surface area (Å²) in [5, 5.41) is 3.02. The first kappa shape index (κ1) is 8.23. The van der Waals surface area contributed by atoms with Crippen molar-refractivity contribution in [3.05, 3.63) is 30.3 Å². The molecule has 0 aliphatic carbocycles. The lowest BCUT2D eigenvalue weighted by Gasteiger charge is -1.89. The van der Waals surface area contributed by atoms with Gasteiger partial charge in [0.05, 0.1) is 0 Å². The molecule has 0 saturated heterocycles. The van der Waals surface area contributed by atoms with E-state index in [0.717, 1.165) is 6.42 Å². The van der Waals surface area contributed by atoms with E-state index in [9.17, 15) is 0 Å². The number of benzene rings is 1. The topological polar surface area (TPSA) is 0 Å². The van der Waals surface area contributed by atoms with Crippen LogP contribution in [0.4, 0.5) is 0 Å². The van der Waals surface area contributed by atoms with Gasteiger partial charge in [-0.15, -0.1) is 0 Å². The minimum atomic E-state index is 0.930. The van der Waals surface area contributed by atoms with Crippen LogP contribution in [0, 0.1) is 11.2 Å². The van der Waals surface area contributed by atoms with Gasteiger partial charge in [-0.05, 0) is 29.1 Å². The fraction of sp³-hybridized carbons (Fsp3) is 0.200. The third-order valence-electron chi connectivity index (χ3n) is 1.16. The van der Waals surface area contributed by atoms with Crippen LogP contribution in [0.5, 0.6) is 0 Å². The molecule has 0 unspecified atom stereocenters.